The first-order valence-corrected chi connectivity index (χ1v) is 12.8. The Balaban J connectivity index is 1.56. The number of alkyl halides is 3. The fourth-order valence-corrected chi connectivity index (χ4v) is 5.95. The maximum Gasteiger partial charge on any atom is 0.419 e. The van der Waals surface area contributed by atoms with Crippen LogP contribution < -0.4 is 5.32 Å². The number of carbonyl (C=O) groups excluding carboxylic acids is 1. The first-order chi connectivity index (χ1) is 16.9. The second-order valence-corrected chi connectivity index (χ2v) is 10.9. The summed E-state index contributed by atoms with van der Waals surface area (Å²) in [7, 11) is -3.84. The van der Waals surface area contributed by atoms with Crippen molar-refractivity contribution in [1.82, 2.24) is 4.31 Å². The molecular formula is C24H18Cl2F4N2O3S. The molecule has 3 aromatic carbocycles. The number of benzene rings is 3. The van der Waals surface area contributed by atoms with Crippen LogP contribution in [-0.2, 0) is 40.4 Å². The lowest BCUT2D eigenvalue weighted by Crippen LogP contribution is -2.36. The van der Waals surface area contributed by atoms with Gasteiger partial charge < -0.3 is 5.32 Å². The van der Waals surface area contributed by atoms with Crippen LogP contribution in [0, 0.1) is 5.82 Å². The van der Waals surface area contributed by atoms with Crippen molar-refractivity contribution in [3.05, 3.63) is 92.7 Å². The van der Waals surface area contributed by atoms with Crippen LogP contribution in [0.3, 0.4) is 0 Å². The summed E-state index contributed by atoms with van der Waals surface area (Å²) in [6, 6.07) is 11.7. The molecule has 12 heteroatoms. The average Bonchev–Trinajstić information content (AvgIpc) is 2.81. The van der Waals surface area contributed by atoms with Crippen LogP contribution in [0.5, 0.6) is 0 Å². The third-order valence-electron chi connectivity index (χ3n) is 5.75. The van der Waals surface area contributed by atoms with E-state index in [0.29, 0.717) is 17.2 Å². The molecule has 1 amide bonds. The number of halogens is 6. The van der Waals surface area contributed by atoms with Gasteiger partial charge in [0.2, 0.25) is 15.9 Å². The fraction of sp³-hybridized carbons (Fsp3) is 0.208. The number of amides is 1. The molecule has 190 valence electrons. The molecule has 5 nitrogen and oxygen atoms in total. The monoisotopic (exact) mass is 560 g/mol. The number of nitrogens with zero attached hydrogens (tertiary/aromatic N) is 1. The SMILES string of the molecule is O=C(Cc1cccc(C(F)(F)F)c1F)Nc1c(Cl)ccc2c1CCN(S(=O)(=O)c1cccc(Cl)c1)C2. The molecule has 1 heterocycles. The number of sulfonamides is 1. The third-order valence-corrected chi connectivity index (χ3v) is 8.14. The van der Waals surface area contributed by atoms with Crippen LogP contribution in [-0.4, -0.2) is 25.2 Å². The van der Waals surface area contributed by atoms with Gasteiger partial charge in [0.15, 0.2) is 0 Å². The minimum Gasteiger partial charge on any atom is -0.324 e. The average molecular weight is 561 g/mol. The van der Waals surface area contributed by atoms with Crippen molar-refractivity contribution in [2.75, 3.05) is 11.9 Å². The second kappa shape index (κ2) is 10.0. The standard InChI is InChI=1S/C24H18Cl2F4N2O3S/c25-16-4-2-5-17(12-16)36(34,35)32-10-9-18-15(13-32)7-8-20(26)23(18)31-21(33)11-14-3-1-6-19(22(14)27)24(28,29)30/h1-8,12H,9-11,13H2,(H,31,33). The molecule has 0 atom stereocenters. The molecule has 3 aromatic rings. The predicted molar refractivity (Wildman–Crippen MR) is 128 cm³/mol. The van der Waals surface area contributed by atoms with Gasteiger partial charge in [-0.2, -0.15) is 17.5 Å². The zero-order valence-corrected chi connectivity index (χ0v) is 20.7. The minimum atomic E-state index is -4.89. The summed E-state index contributed by atoms with van der Waals surface area (Å²) in [5, 5.41) is 3.01. The molecule has 0 fully saturated rings. The highest BCUT2D eigenvalue weighted by Gasteiger charge is 2.35. The summed E-state index contributed by atoms with van der Waals surface area (Å²) in [6.45, 7) is 0.0970. The Morgan fingerprint density at radius 1 is 1.06 bits per heavy atom. The smallest absolute Gasteiger partial charge is 0.324 e. The Morgan fingerprint density at radius 3 is 2.47 bits per heavy atom. The molecule has 4 rings (SSSR count). The maximum atomic E-state index is 14.3. The summed E-state index contributed by atoms with van der Waals surface area (Å²) < 4.78 is 80.7. The van der Waals surface area contributed by atoms with Gasteiger partial charge in [-0.25, -0.2) is 12.8 Å². The highest BCUT2D eigenvalue weighted by atomic mass is 35.5. The van der Waals surface area contributed by atoms with E-state index in [9.17, 15) is 30.8 Å². The molecule has 0 aliphatic carbocycles. The number of fused-ring (bicyclic) bond motifs is 1. The van der Waals surface area contributed by atoms with Crippen molar-refractivity contribution < 1.29 is 30.8 Å². The van der Waals surface area contributed by atoms with E-state index in [1.54, 1.807) is 12.1 Å². The molecule has 1 N–H and O–H groups in total. The van der Waals surface area contributed by atoms with E-state index in [2.05, 4.69) is 5.32 Å². The van der Waals surface area contributed by atoms with Crippen LogP contribution in [0.4, 0.5) is 23.2 Å². The van der Waals surface area contributed by atoms with Gasteiger partial charge >= 0.3 is 6.18 Å². The minimum absolute atomic E-state index is 0.00642. The molecule has 0 radical (unpaired) electrons. The van der Waals surface area contributed by atoms with Crippen molar-refractivity contribution >= 4 is 44.8 Å². The van der Waals surface area contributed by atoms with E-state index in [4.69, 9.17) is 23.2 Å². The van der Waals surface area contributed by atoms with Gasteiger partial charge in [-0.1, -0.05) is 47.5 Å². The Bertz CT molecular complexity index is 1450. The highest BCUT2D eigenvalue weighted by molar-refractivity contribution is 7.89. The molecule has 0 bridgehead atoms. The third kappa shape index (κ3) is 5.36. The van der Waals surface area contributed by atoms with E-state index in [1.807, 2.05) is 0 Å². The summed E-state index contributed by atoms with van der Waals surface area (Å²) in [5.74, 6) is -2.28. The van der Waals surface area contributed by atoms with Crippen molar-refractivity contribution in [1.29, 1.82) is 0 Å². The Kier molecular flexibility index (Phi) is 7.34. The summed E-state index contributed by atoms with van der Waals surface area (Å²) >= 11 is 12.2. The van der Waals surface area contributed by atoms with Crippen LogP contribution >= 0.6 is 23.2 Å². The Morgan fingerprint density at radius 2 is 1.78 bits per heavy atom. The second-order valence-electron chi connectivity index (χ2n) is 8.11. The summed E-state index contributed by atoms with van der Waals surface area (Å²) in [5.41, 5.74) is -0.466. The van der Waals surface area contributed by atoms with E-state index in [-0.39, 0.29) is 40.1 Å². The van der Waals surface area contributed by atoms with E-state index in [1.165, 1.54) is 28.6 Å². The number of nitrogens with one attached hydrogen (secondary N) is 1. The first-order valence-electron chi connectivity index (χ1n) is 10.6. The molecule has 0 aromatic heterocycles. The lowest BCUT2D eigenvalue weighted by molar-refractivity contribution is -0.140. The largest absolute Gasteiger partial charge is 0.419 e. The molecule has 0 spiro atoms. The lowest BCUT2D eigenvalue weighted by Gasteiger charge is -2.30. The first kappa shape index (κ1) is 26.4. The van der Waals surface area contributed by atoms with Crippen molar-refractivity contribution in [3.8, 4) is 0 Å². The number of anilines is 1. The Hall–Kier alpha value is -2.66. The normalized spacial score (nSPS) is 14.4. The van der Waals surface area contributed by atoms with Crippen LogP contribution in [0.15, 0.2) is 59.5 Å². The van der Waals surface area contributed by atoms with E-state index < -0.39 is 45.5 Å². The summed E-state index contributed by atoms with van der Waals surface area (Å²) in [4.78, 5) is 12.7. The number of rotatable bonds is 5. The fourth-order valence-electron chi connectivity index (χ4n) is 4.01. The highest BCUT2D eigenvalue weighted by Crippen LogP contribution is 2.36. The van der Waals surface area contributed by atoms with E-state index >= 15 is 0 Å². The molecule has 36 heavy (non-hydrogen) atoms. The van der Waals surface area contributed by atoms with Crippen LogP contribution in [0.25, 0.3) is 0 Å². The molecule has 1 aliphatic rings. The van der Waals surface area contributed by atoms with Crippen molar-refractivity contribution in [2.24, 2.45) is 0 Å². The van der Waals surface area contributed by atoms with Crippen molar-refractivity contribution in [3.63, 3.8) is 0 Å². The quantitative estimate of drug-likeness (QED) is 0.384. The zero-order chi connectivity index (χ0) is 26.3. The number of hydrogen-bond donors (Lipinski definition) is 1. The van der Waals surface area contributed by atoms with Crippen LogP contribution in [0.2, 0.25) is 10.0 Å². The van der Waals surface area contributed by atoms with Gasteiger partial charge in [-0.3, -0.25) is 4.79 Å². The lowest BCUT2D eigenvalue weighted by atomic mass is 9.98. The predicted octanol–water partition coefficient (Wildman–Crippen LogP) is 6.08. The van der Waals surface area contributed by atoms with Crippen LogP contribution in [0.1, 0.15) is 22.3 Å². The van der Waals surface area contributed by atoms with Gasteiger partial charge in [0, 0.05) is 18.1 Å². The van der Waals surface area contributed by atoms with Gasteiger partial charge in [0.05, 0.1) is 27.6 Å². The molecule has 1 aliphatic heterocycles. The van der Waals surface area contributed by atoms with Gasteiger partial charge in [0.1, 0.15) is 5.82 Å². The molecule has 0 unspecified atom stereocenters. The molecule has 0 saturated heterocycles. The molecular weight excluding hydrogens is 543 g/mol. The van der Waals surface area contributed by atoms with Gasteiger partial charge in [-0.05, 0) is 53.4 Å². The van der Waals surface area contributed by atoms with E-state index in [0.717, 1.165) is 12.1 Å². The zero-order valence-electron chi connectivity index (χ0n) is 18.4. The Labute approximate surface area is 214 Å². The number of hydrogen-bond acceptors (Lipinski definition) is 3. The topological polar surface area (TPSA) is 66.5 Å². The molecule has 0 saturated carbocycles. The maximum absolute atomic E-state index is 14.3. The number of carbonyl (C=O) groups is 1. The van der Waals surface area contributed by atoms with Crippen molar-refractivity contribution in [2.45, 2.75) is 30.5 Å². The van der Waals surface area contributed by atoms with Gasteiger partial charge in [-0.15, -0.1) is 0 Å². The van der Waals surface area contributed by atoms with Gasteiger partial charge in [0.25, 0.3) is 0 Å². The summed E-state index contributed by atoms with van der Waals surface area (Å²) in [6.07, 6.45) is -5.33.